The summed E-state index contributed by atoms with van der Waals surface area (Å²) in [6, 6.07) is 8.35. The number of hydrogen-bond donors (Lipinski definition) is 2. The molecule has 0 aliphatic rings. The van der Waals surface area contributed by atoms with Crippen LogP contribution in [0.4, 0.5) is 11.5 Å². The number of aromatic nitrogens is 4. The number of amides is 1. The molecule has 1 unspecified atom stereocenters. The van der Waals surface area contributed by atoms with E-state index in [2.05, 4.69) is 20.4 Å². The summed E-state index contributed by atoms with van der Waals surface area (Å²) in [7, 11) is 0. The minimum absolute atomic E-state index is 0.00949. The van der Waals surface area contributed by atoms with E-state index in [9.17, 15) is 9.59 Å². The molecule has 1 atom stereocenters. The molecule has 9 heteroatoms. The fourth-order valence-electron chi connectivity index (χ4n) is 2.51. The molecular weight excluding hydrogens is 348 g/mol. The van der Waals surface area contributed by atoms with Gasteiger partial charge in [-0.15, -0.1) is 0 Å². The first-order valence-corrected chi connectivity index (χ1v) is 8.23. The average Bonchev–Trinajstić information content (AvgIpc) is 3.11. The van der Waals surface area contributed by atoms with Gasteiger partial charge in [-0.2, -0.15) is 5.10 Å². The number of benzene rings is 1. The first-order chi connectivity index (χ1) is 13.1. The van der Waals surface area contributed by atoms with Gasteiger partial charge in [-0.25, -0.2) is 14.8 Å². The molecule has 3 aromatic rings. The first-order valence-electron chi connectivity index (χ1n) is 8.23. The maximum Gasteiger partial charge on any atom is 0.335 e. The van der Waals surface area contributed by atoms with Crippen LogP contribution in [0.5, 0.6) is 0 Å². The quantitative estimate of drug-likeness (QED) is 0.636. The molecule has 0 bridgehead atoms. The molecule has 0 saturated carbocycles. The van der Waals surface area contributed by atoms with Gasteiger partial charge in [0.1, 0.15) is 0 Å². The minimum Gasteiger partial charge on any atom is -0.464 e. The van der Waals surface area contributed by atoms with E-state index in [1.54, 1.807) is 13.1 Å². The van der Waals surface area contributed by atoms with E-state index >= 15 is 0 Å². The third-order valence-electron chi connectivity index (χ3n) is 3.69. The number of carbonyl (C=O) groups excluding carboxylic acids is 2. The van der Waals surface area contributed by atoms with Crippen molar-refractivity contribution in [2.75, 3.05) is 17.7 Å². The highest BCUT2D eigenvalue weighted by Gasteiger charge is 2.25. The zero-order valence-corrected chi connectivity index (χ0v) is 14.6. The highest BCUT2D eigenvalue weighted by molar-refractivity contribution is 6.05. The Hall–Kier alpha value is -3.75. The third kappa shape index (κ3) is 4.09. The second kappa shape index (κ2) is 8.09. The van der Waals surface area contributed by atoms with Crippen molar-refractivity contribution in [3.8, 4) is 0 Å². The van der Waals surface area contributed by atoms with E-state index in [-0.39, 0.29) is 18.1 Å². The smallest absolute Gasteiger partial charge is 0.335 e. The fourth-order valence-corrected chi connectivity index (χ4v) is 2.51. The van der Waals surface area contributed by atoms with Gasteiger partial charge in [-0.05, 0) is 12.5 Å². The van der Waals surface area contributed by atoms with Gasteiger partial charge < -0.3 is 15.8 Å². The van der Waals surface area contributed by atoms with Crippen LogP contribution in [0.25, 0.3) is 0 Å². The normalized spacial score (nSPS) is 11.6. The predicted molar refractivity (Wildman–Crippen MR) is 97.8 cm³/mol. The second-order valence-corrected chi connectivity index (χ2v) is 5.52. The van der Waals surface area contributed by atoms with E-state index in [4.69, 9.17) is 10.5 Å². The van der Waals surface area contributed by atoms with Crippen LogP contribution in [0.3, 0.4) is 0 Å². The van der Waals surface area contributed by atoms with E-state index in [0.717, 1.165) is 5.56 Å². The maximum atomic E-state index is 12.4. The SMILES string of the molecule is CCOC(=O)C(c1ccccc1)n1cc(NC(=O)c2nccnc2N)cn1. The number of ether oxygens (including phenoxy) is 1. The van der Waals surface area contributed by atoms with Gasteiger partial charge in [0, 0.05) is 18.6 Å². The molecule has 0 aliphatic carbocycles. The van der Waals surface area contributed by atoms with Gasteiger partial charge >= 0.3 is 5.97 Å². The van der Waals surface area contributed by atoms with E-state index in [0.29, 0.717) is 5.69 Å². The molecule has 27 heavy (non-hydrogen) atoms. The van der Waals surface area contributed by atoms with Gasteiger partial charge in [-0.1, -0.05) is 30.3 Å². The summed E-state index contributed by atoms with van der Waals surface area (Å²) in [5.41, 5.74) is 6.77. The monoisotopic (exact) mass is 366 g/mol. The molecule has 0 radical (unpaired) electrons. The van der Waals surface area contributed by atoms with Crippen LogP contribution in [0.1, 0.15) is 29.0 Å². The lowest BCUT2D eigenvalue weighted by Crippen LogP contribution is -2.23. The van der Waals surface area contributed by atoms with Crippen molar-refractivity contribution in [1.29, 1.82) is 0 Å². The van der Waals surface area contributed by atoms with Crippen LogP contribution in [-0.2, 0) is 9.53 Å². The summed E-state index contributed by atoms with van der Waals surface area (Å²) >= 11 is 0. The number of anilines is 2. The van der Waals surface area contributed by atoms with Crippen LogP contribution >= 0.6 is 0 Å². The number of esters is 1. The molecule has 3 N–H and O–H groups in total. The molecule has 0 spiro atoms. The Morgan fingerprint density at radius 3 is 2.67 bits per heavy atom. The van der Waals surface area contributed by atoms with Gasteiger partial charge in [-0.3, -0.25) is 9.48 Å². The number of nitrogen functional groups attached to an aromatic ring is 1. The Morgan fingerprint density at radius 2 is 1.96 bits per heavy atom. The van der Waals surface area contributed by atoms with Crippen molar-refractivity contribution >= 4 is 23.4 Å². The number of nitrogens with one attached hydrogen (secondary N) is 1. The van der Waals surface area contributed by atoms with E-state index < -0.39 is 17.9 Å². The Balaban J connectivity index is 1.84. The van der Waals surface area contributed by atoms with E-state index in [1.807, 2.05) is 30.3 Å². The number of nitrogens with two attached hydrogens (primary N) is 1. The summed E-state index contributed by atoms with van der Waals surface area (Å²) in [5.74, 6) is -0.938. The summed E-state index contributed by atoms with van der Waals surface area (Å²) in [6.45, 7) is 1.99. The molecule has 1 aromatic carbocycles. The number of hydrogen-bond acceptors (Lipinski definition) is 7. The molecule has 0 aliphatic heterocycles. The van der Waals surface area contributed by atoms with Crippen LogP contribution in [0.2, 0.25) is 0 Å². The van der Waals surface area contributed by atoms with E-state index in [1.165, 1.54) is 23.3 Å². The topological polar surface area (TPSA) is 125 Å². The van der Waals surface area contributed by atoms with Crippen LogP contribution in [0, 0.1) is 0 Å². The Labute approximate surface area is 155 Å². The molecule has 2 aromatic heterocycles. The van der Waals surface area contributed by atoms with Crippen molar-refractivity contribution in [3.63, 3.8) is 0 Å². The summed E-state index contributed by atoms with van der Waals surface area (Å²) in [5, 5.41) is 6.84. The first kappa shape index (κ1) is 18.1. The highest BCUT2D eigenvalue weighted by atomic mass is 16.5. The number of rotatable bonds is 6. The highest BCUT2D eigenvalue weighted by Crippen LogP contribution is 2.21. The zero-order chi connectivity index (χ0) is 19.2. The van der Waals surface area contributed by atoms with Gasteiger partial charge in [0.05, 0.1) is 18.5 Å². The van der Waals surface area contributed by atoms with Gasteiger partial charge in [0.25, 0.3) is 5.91 Å². The van der Waals surface area contributed by atoms with Crippen molar-refractivity contribution in [2.24, 2.45) is 0 Å². The standard InChI is InChI=1S/C18H18N6O3/c1-2-27-18(26)15(12-6-4-3-5-7-12)24-11-13(10-22-24)23-17(25)14-16(19)21-9-8-20-14/h3-11,15H,2H2,1H3,(H2,19,21)(H,23,25). The third-order valence-corrected chi connectivity index (χ3v) is 3.69. The van der Waals surface area contributed by atoms with Crippen molar-refractivity contribution < 1.29 is 14.3 Å². The summed E-state index contributed by atoms with van der Waals surface area (Å²) < 4.78 is 6.60. The Bertz CT molecular complexity index is 941. The fraction of sp³-hybridized carbons (Fsp3) is 0.167. The summed E-state index contributed by atoms with van der Waals surface area (Å²) in [4.78, 5) is 32.5. The zero-order valence-electron chi connectivity index (χ0n) is 14.6. The second-order valence-electron chi connectivity index (χ2n) is 5.52. The van der Waals surface area contributed by atoms with Crippen LogP contribution in [-0.4, -0.2) is 38.2 Å². The molecule has 3 rings (SSSR count). The molecule has 0 saturated heterocycles. The maximum absolute atomic E-state index is 12.4. The molecule has 138 valence electrons. The number of nitrogens with zero attached hydrogens (tertiary/aromatic N) is 4. The number of carbonyl (C=O) groups is 2. The Morgan fingerprint density at radius 1 is 1.22 bits per heavy atom. The van der Waals surface area contributed by atoms with Crippen molar-refractivity contribution in [3.05, 3.63) is 66.4 Å². The average molecular weight is 366 g/mol. The van der Waals surface area contributed by atoms with Crippen LogP contribution in [0.15, 0.2) is 55.1 Å². The van der Waals surface area contributed by atoms with Gasteiger partial charge in [0.15, 0.2) is 17.6 Å². The lowest BCUT2D eigenvalue weighted by Gasteiger charge is -2.16. The van der Waals surface area contributed by atoms with Crippen LogP contribution < -0.4 is 11.1 Å². The van der Waals surface area contributed by atoms with Crippen molar-refractivity contribution in [1.82, 2.24) is 19.7 Å². The lowest BCUT2D eigenvalue weighted by molar-refractivity contribution is -0.146. The van der Waals surface area contributed by atoms with Gasteiger partial charge in [0.2, 0.25) is 0 Å². The minimum atomic E-state index is -0.765. The lowest BCUT2D eigenvalue weighted by atomic mass is 10.1. The summed E-state index contributed by atoms with van der Waals surface area (Å²) in [6.07, 6.45) is 5.74. The molecule has 0 fully saturated rings. The molecular formula is C18H18N6O3. The Kier molecular flexibility index (Phi) is 5.41. The molecule has 1 amide bonds. The molecule has 9 nitrogen and oxygen atoms in total. The van der Waals surface area contributed by atoms with Crippen molar-refractivity contribution in [2.45, 2.75) is 13.0 Å². The molecule has 2 heterocycles. The predicted octanol–water partition coefficient (Wildman–Crippen LogP) is 1.66. The largest absolute Gasteiger partial charge is 0.464 e.